The first kappa shape index (κ1) is 18.3. The fourth-order valence-corrected chi connectivity index (χ4v) is 3.56. The molecule has 0 spiro atoms. The van der Waals surface area contributed by atoms with Gasteiger partial charge in [0, 0.05) is 19.1 Å². The van der Waals surface area contributed by atoms with Crippen molar-refractivity contribution < 1.29 is 9.53 Å². The molecule has 1 unspecified atom stereocenters. The van der Waals surface area contributed by atoms with Crippen LogP contribution in [0.15, 0.2) is 54.6 Å². The number of hydrogen-bond acceptors (Lipinski definition) is 3. The number of carbonyl (C=O) groups is 1. The van der Waals surface area contributed by atoms with E-state index in [0.717, 1.165) is 42.9 Å². The van der Waals surface area contributed by atoms with Crippen LogP contribution in [-0.2, 0) is 10.2 Å². The van der Waals surface area contributed by atoms with Crippen LogP contribution in [0.3, 0.4) is 0 Å². The second kappa shape index (κ2) is 7.81. The summed E-state index contributed by atoms with van der Waals surface area (Å²) in [6, 6.07) is 18.2. The lowest BCUT2D eigenvalue weighted by atomic mass is 9.83. The summed E-state index contributed by atoms with van der Waals surface area (Å²) in [4.78, 5) is 15.3. The van der Waals surface area contributed by atoms with Gasteiger partial charge < -0.3 is 15.0 Å². The van der Waals surface area contributed by atoms with E-state index in [1.807, 2.05) is 62.4 Å². The molecule has 1 heterocycles. The van der Waals surface area contributed by atoms with Crippen LogP contribution in [0.5, 0.6) is 5.75 Å². The molecule has 26 heavy (non-hydrogen) atoms. The van der Waals surface area contributed by atoms with Gasteiger partial charge in [-0.1, -0.05) is 42.5 Å². The van der Waals surface area contributed by atoms with Gasteiger partial charge in [0.15, 0.2) is 0 Å². The van der Waals surface area contributed by atoms with Crippen LogP contribution in [0, 0.1) is 0 Å². The molecule has 0 aromatic heterocycles. The number of benzene rings is 2. The van der Waals surface area contributed by atoms with E-state index in [0.29, 0.717) is 0 Å². The summed E-state index contributed by atoms with van der Waals surface area (Å²) >= 11 is 0. The first-order valence-corrected chi connectivity index (χ1v) is 9.27. The van der Waals surface area contributed by atoms with E-state index >= 15 is 0 Å². The van der Waals surface area contributed by atoms with E-state index in [2.05, 4.69) is 16.3 Å². The molecule has 2 aromatic rings. The highest BCUT2D eigenvalue weighted by atomic mass is 16.5. The van der Waals surface area contributed by atoms with Gasteiger partial charge in [0.2, 0.25) is 5.91 Å². The van der Waals surface area contributed by atoms with E-state index in [1.54, 1.807) is 7.11 Å². The van der Waals surface area contributed by atoms with Gasteiger partial charge >= 0.3 is 0 Å². The predicted octanol–water partition coefficient (Wildman–Crippen LogP) is 3.76. The molecule has 1 fully saturated rings. The van der Waals surface area contributed by atoms with Crippen molar-refractivity contribution in [2.75, 3.05) is 25.1 Å². The molecule has 1 aliphatic rings. The normalized spacial score (nSPS) is 17.7. The quantitative estimate of drug-likeness (QED) is 0.891. The van der Waals surface area contributed by atoms with Gasteiger partial charge in [-0.15, -0.1) is 0 Å². The highest BCUT2D eigenvalue weighted by molar-refractivity contribution is 5.87. The van der Waals surface area contributed by atoms with Crippen molar-refractivity contribution in [1.29, 1.82) is 0 Å². The Morgan fingerprint density at radius 1 is 1.12 bits per heavy atom. The van der Waals surface area contributed by atoms with Crippen molar-refractivity contribution in [3.63, 3.8) is 0 Å². The molecule has 1 aliphatic heterocycles. The van der Waals surface area contributed by atoms with Crippen LogP contribution in [-0.4, -0.2) is 32.1 Å². The Bertz CT molecular complexity index is 743. The Morgan fingerprint density at radius 3 is 2.54 bits per heavy atom. The molecule has 0 saturated carbocycles. The van der Waals surface area contributed by atoms with E-state index < -0.39 is 5.41 Å². The van der Waals surface area contributed by atoms with Gasteiger partial charge in [-0.05, 0) is 44.4 Å². The first-order valence-electron chi connectivity index (χ1n) is 9.27. The number of anilines is 1. The van der Waals surface area contributed by atoms with Crippen LogP contribution in [0.1, 0.15) is 32.3 Å². The number of nitrogens with one attached hydrogen (secondary N) is 1. The molecule has 0 aliphatic carbocycles. The molecule has 3 rings (SSSR count). The van der Waals surface area contributed by atoms with Crippen molar-refractivity contribution >= 4 is 11.6 Å². The first-order chi connectivity index (χ1) is 12.5. The fraction of sp³-hybridized carbons (Fsp3) is 0.409. The van der Waals surface area contributed by atoms with Crippen molar-refractivity contribution in [2.24, 2.45) is 0 Å². The number of methoxy groups -OCH3 is 1. The van der Waals surface area contributed by atoms with Crippen molar-refractivity contribution in [3.8, 4) is 5.75 Å². The number of para-hydroxylation sites is 2. The molecule has 1 amide bonds. The Balaban J connectivity index is 1.69. The van der Waals surface area contributed by atoms with Crippen molar-refractivity contribution in [1.82, 2.24) is 5.32 Å². The van der Waals surface area contributed by atoms with E-state index in [-0.39, 0.29) is 11.9 Å². The SMILES string of the molecule is COc1ccccc1N1CCCC(NC(=O)C(C)(C)c2ccccc2)C1. The average Bonchev–Trinajstić information content (AvgIpc) is 2.68. The lowest BCUT2D eigenvalue weighted by molar-refractivity contribution is -0.126. The fourth-order valence-electron chi connectivity index (χ4n) is 3.56. The molecule has 4 nitrogen and oxygen atoms in total. The van der Waals surface area contributed by atoms with Crippen LogP contribution < -0.4 is 15.0 Å². The zero-order chi connectivity index (χ0) is 18.6. The zero-order valence-corrected chi connectivity index (χ0v) is 15.9. The predicted molar refractivity (Wildman–Crippen MR) is 106 cm³/mol. The van der Waals surface area contributed by atoms with E-state index in [9.17, 15) is 4.79 Å². The second-order valence-corrected chi connectivity index (χ2v) is 7.42. The van der Waals surface area contributed by atoms with Crippen molar-refractivity contribution in [3.05, 3.63) is 60.2 Å². The average molecular weight is 352 g/mol. The number of ether oxygens (including phenoxy) is 1. The molecule has 2 aromatic carbocycles. The number of carbonyl (C=O) groups excluding carboxylic acids is 1. The smallest absolute Gasteiger partial charge is 0.230 e. The number of amides is 1. The summed E-state index contributed by atoms with van der Waals surface area (Å²) in [6.07, 6.45) is 2.05. The number of nitrogens with zero attached hydrogens (tertiary/aromatic N) is 1. The molecule has 1 atom stereocenters. The Hall–Kier alpha value is -2.49. The highest BCUT2D eigenvalue weighted by Gasteiger charge is 2.32. The zero-order valence-electron chi connectivity index (χ0n) is 15.9. The summed E-state index contributed by atoms with van der Waals surface area (Å²) in [7, 11) is 1.70. The molecule has 1 saturated heterocycles. The lowest BCUT2D eigenvalue weighted by Crippen LogP contribution is -2.52. The van der Waals surface area contributed by atoms with Crippen LogP contribution in [0.4, 0.5) is 5.69 Å². The second-order valence-electron chi connectivity index (χ2n) is 7.42. The minimum Gasteiger partial charge on any atom is -0.495 e. The van der Waals surface area contributed by atoms with Crippen molar-refractivity contribution in [2.45, 2.75) is 38.1 Å². The number of hydrogen-bond donors (Lipinski definition) is 1. The Morgan fingerprint density at radius 2 is 1.81 bits per heavy atom. The molecule has 1 N–H and O–H groups in total. The van der Waals surface area contributed by atoms with Gasteiger partial charge in [-0.25, -0.2) is 0 Å². The molecular formula is C22H28N2O2. The Labute approximate surface area is 156 Å². The van der Waals surface area contributed by atoms with Gasteiger partial charge in [-0.3, -0.25) is 4.79 Å². The third kappa shape index (κ3) is 3.85. The molecule has 0 bridgehead atoms. The standard InChI is InChI=1S/C22H28N2O2/c1-22(2,17-10-5-4-6-11-17)21(25)23-18-12-9-15-24(16-18)19-13-7-8-14-20(19)26-3/h4-8,10-11,13-14,18H,9,12,15-16H2,1-3H3,(H,23,25). The maximum Gasteiger partial charge on any atom is 0.230 e. The van der Waals surface area contributed by atoms with E-state index in [4.69, 9.17) is 4.74 Å². The maximum atomic E-state index is 12.9. The summed E-state index contributed by atoms with van der Waals surface area (Å²) < 4.78 is 5.50. The summed E-state index contributed by atoms with van der Waals surface area (Å²) in [5, 5.41) is 3.27. The van der Waals surface area contributed by atoms with Gasteiger partial charge in [-0.2, -0.15) is 0 Å². The lowest BCUT2D eigenvalue weighted by Gasteiger charge is -2.37. The topological polar surface area (TPSA) is 41.6 Å². The molecule has 138 valence electrons. The van der Waals surface area contributed by atoms with Gasteiger partial charge in [0.25, 0.3) is 0 Å². The Kier molecular flexibility index (Phi) is 5.50. The minimum atomic E-state index is -0.548. The maximum absolute atomic E-state index is 12.9. The molecule has 4 heteroatoms. The van der Waals surface area contributed by atoms with Crippen LogP contribution in [0.2, 0.25) is 0 Å². The number of piperidine rings is 1. The van der Waals surface area contributed by atoms with Gasteiger partial charge in [0.1, 0.15) is 5.75 Å². The monoisotopic (exact) mass is 352 g/mol. The van der Waals surface area contributed by atoms with Crippen LogP contribution >= 0.6 is 0 Å². The summed E-state index contributed by atoms with van der Waals surface area (Å²) in [5.74, 6) is 0.958. The van der Waals surface area contributed by atoms with Gasteiger partial charge in [0.05, 0.1) is 18.2 Å². The minimum absolute atomic E-state index is 0.0792. The molecule has 0 radical (unpaired) electrons. The largest absolute Gasteiger partial charge is 0.495 e. The summed E-state index contributed by atoms with van der Waals surface area (Å²) in [6.45, 7) is 5.75. The van der Waals surface area contributed by atoms with E-state index in [1.165, 1.54) is 0 Å². The highest BCUT2D eigenvalue weighted by Crippen LogP contribution is 2.30. The molecular weight excluding hydrogens is 324 g/mol. The summed E-state index contributed by atoms with van der Waals surface area (Å²) in [5.41, 5.74) is 1.58. The third-order valence-electron chi connectivity index (χ3n) is 5.25. The number of rotatable bonds is 5. The van der Waals surface area contributed by atoms with Crippen LogP contribution in [0.25, 0.3) is 0 Å². The third-order valence-corrected chi connectivity index (χ3v) is 5.25.